The Kier molecular flexibility index (Phi) is 7.43. The van der Waals surface area contributed by atoms with Crippen molar-refractivity contribution in [2.75, 3.05) is 0 Å². The molecule has 0 radical (unpaired) electrons. The minimum atomic E-state index is -0.991. The molecule has 3 N–H and O–H groups in total. The Bertz CT molecular complexity index is 1560. The first-order valence-electron chi connectivity index (χ1n) is 12.8. The van der Waals surface area contributed by atoms with E-state index in [4.69, 9.17) is 17.1 Å². The number of nitrogens with one attached hydrogen (secondary N) is 1. The first-order chi connectivity index (χ1) is 19.4. The molecule has 5 rings (SSSR count). The molecular formula is C33H27FN4O2. The summed E-state index contributed by atoms with van der Waals surface area (Å²) in [4.78, 5) is 32.8. The lowest BCUT2D eigenvalue weighted by Gasteiger charge is -2.38. The van der Waals surface area contributed by atoms with Crippen LogP contribution in [0.3, 0.4) is 0 Å². The van der Waals surface area contributed by atoms with Crippen LogP contribution in [0.5, 0.6) is 0 Å². The number of amides is 2. The topological polar surface area (TPSA) is 87.8 Å². The number of hydrogen-bond donors (Lipinski definition) is 2. The van der Waals surface area contributed by atoms with E-state index < -0.39 is 23.3 Å². The minimum Gasteiger partial charge on any atom is -0.369 e. The molecule has 0 saturated carbocycles. The number of benzene rings is 4. The van der Waals surface area contributed by atoms with E-state index in [1.165, 1.54) is 17.0 Å². The zero-order valence-corrected chi connectivity index (χ0v) is 21.6. The molecule has 2 amide bonds. The van der Waals surface area contributed by atoms with Crippen molar-refractivity contribution in [3.63, 3.8) is 0 Å². The number of carbonyl (C=O) groups excluding carboxylic acids is 2. The number of carbonyl (C=O) groups is 2. The number of terminal acetylenes is 1. The highest BCUT2D eigenvalue weighted by Gasteiger charge is 2.42. The fourth-order valence-electron chi connectivity index (χ4n) is 4.97. The Balaban J connectivity index is 1.43. The number of aliphatic imine (C=N–C) groups is 1. The maximum Gasteiger partial charge on any atom is 0.252 e. The number of halogens is 1. The number of guanidine groups is 1. The van der Waals surface area contributed by atoms with E-state index >= 15 is 0 Å². The molecule has 1 aliphatic heterocycles. The van der Waals surface area contributed by atoms with E-state index in [1.807, 2.05) is 78.9 Å². The largest absolute Gasteiger partial charge is 0.369 e. The Morgan fingerprint density at radius 1 is 0.975 bits per heavy atom. The highest BCUT2D eigenvalue weighted by atomic mass is 19.1. The van der Waals surface area contributed by atoms with Gasteiger partial charge in [0.1, 0.15) is 17.4 Å². The van der Waals surface area contributed by atoms with E-state index in [0.717, 1.165) is 22.8 Å². The van der Waals surface area contributed by atoms with Crippen LogP contribution in [0.15, 0.2) is 114 Å². The van der Waals surface area contributed by atoms with E-state index in [0.29, 0.717) is 5.56 Å². The quantitative estimate of drug-likeness (QED) is 0.333. The second-order valence-electron chi connectivity index (χ2n) is 9.55. The molecule has 1 heterocycles. The fourth-order valence-corrected chi connectivity index (χ4v) is 4.97. The summed E-state index contributed by atoms with van der Waals surface area (Å²) < 4.78 is 14.7. The van der Waals surface area contributed by atoms with Crippen LogP contribution in [0.25, 0.3) is 0 Å². The van der Waals surface area contributed by atoms with Gasteiger partial charge in [-0.3, -0.25) is 14.5 Å². The van der Waals surface area contributed by atoms with Gasteiger partial charge in [-0.05, 0) is 40.5 Å². The van der Waals surface area contributed by atoms with Crippen LogP contribution in [0.2, 0.25) is 0 Å². The van der Waals surface area contributed by atoms with Gasteiger partial charge in [0, 0.05) is 5.56 Å². The van der Waals surface area contributed by atoms with Crippen LogP contribution < -0.4 is 11.1 Å². The summed E-state index contributed by atoms with van der Waals surface area (Å²) in [5.74, 6) is 1.13. The van der Waals surface area contributed by atoms with Gasteiger partial charge in [-0.2, -0.15) is 0 Å². The maximum atomic E-state index is 14.7. The maximum absolute atomic E-state index is 14.7. The lowest BCUT2D eigenvalue weighted by Crippen LogP contribution is -2.50. The monoisotopic (exact) mass is 530 g/mol. The van der Waals surface area contributed by atoms with Crippen LogP contribution in [0.4, 0.5) is 4.39 Å². The van der Waals surface area contributed by atoms with Crippen molar-refractivity contribution < 1.29 is 14.0 Å². The molecule has 7 heteroatoms. The molecule has 0 unspecified atom stereocenters. The average Bonchev–Trinajstić information content (AvgIpc) is 2.98. The van der Waals surface area contributed by atoms with Crippen LogP contribution in [-0.2, 0) is 16.9 Å². The van der Waals surface area contributed by atoms with Crippen molar-refractivity contribution in [3.05, 3.63) is 143 Å². The molecule has 4 aromatic carbocycles. The minimum absolute atomic E-state index is 0.00990. The number of nitrogens with zero attached hydrogens (tertiary/aromatic N) is 2. The Hall–Kier alpha value is -5.22. The lowest BCUT2D eigenvalue weighted by atomic mass is 9.79. The molecule has 0 aliphatic carbocycles. The molecule has 0 aromatic heterocycles. The lowest BCUT2D eigenvalue weighted by molar-refractivity contribution is -0.129. The number of rotatable bonds is 7. The molecule has 0 fully saturated rings. The van der Waals surface area contributed by atoms with E-state index in [2.05, 4.69) is 11.2 Å². The van der Waals surface area contributed by atoms with Crippen molar-refractivity contribution >= 4 is 17.8 Å². The predicted molar refractivity (Wildman–Crippen MR) is 152 cm³/mol. The summed E-state index contributed by atoms with van der Waals surface area (Å²) in [5.41, 5.74) is 8.29. The molecule has 6 nitrogen and oxygen atoms in total. The third-order valence-corrected chi connectivity index (χ3v) is 6.93. The summed E-state index contributed by atoms with van der Waals surface area (Å²) in [7, 11) is 0. The van der Waals surface area contributed by atoms with Gasteiger partial charge < -0.3 is 11.1 Å². The van der Waals surface area contributed by atoms with Crippen molar-refractivity contribution in [2.45, 2.75) is 24.5 Å². The fraction of sp³-hybridized carbons (Fsp3) is 0.121. The first kappa shape index (κ1) is 26.4. The van der Waals surface area contributed by atoms with Gasteiger partial charge in [0.05, 0.1) is 13.0 Å². The van der Waals surface area contributed by atoms with Gasteiger partial charge in [-0.25, -0.2) is 9.38 Å². The predicted octanol–water partition coefficient (Wildman–Crippen LogP) is 4.92. The summed E-state index contributed by atoms with van der Waals surface area (Å²) >= 11 is 0. The summed E-state index contributed by atoms with van der Waals surface area (Å²) in [6, 6.07) is 31.4. The zero-order valence-electron chi connectivity index (χ0n) is 21.6. The molecule has 4 aromatic rings. The van der Waals surface area contributed by atoms with Gasteiger partial charge in [0.15, 0.2) is 5.96 Å². The third-order valence-electron chi connectivity index (χ3n) is 6.93. The summed E-state index contributed by atoms with van der Waals surface area (Å²) in [6.07, 6.45) is 5.67. The zero-order chi connectivity index (χ0) is 28.1. The standard InChI is InChI=1S/C33H27FN4O2/c1-2-29(24-12-6-3-7-13-24)36-31(40)25-18-23(19-28(34)20-25)22-38-30(39)21-33(37-32(38)35,26-14-8-4-9-15-26)27-16-10-5-11-17-27/h1,3-20,29H,21-22H2,(H2,35,37)(H,36,40)/t29-/m0/s1. The van der Waals surface area contributed by atoms with E-state index in [9.17, 15) is 14.0 Å². The smallest absolute Gasteiger partial charge is 0.252 e. The molecule has 1 aliphatic rings. The number of nitrogens with two attached hydrogens (primary N) is 1. The summed E-state index contributed by atoms with van der Waals surface area (Å²) in [5, 5.41) is 2.75. The first-order valence-corrected chi connectivity index (χ1v) is 12.8. The molecule has 0 spiro atoms. The second-order valence-corrected chi connectivity index (χ2v) is 9.55. The average molecular weight is 531 g/mol. The van der Waals surface area contributed by atoms with E-state index in [1.54, 1.807) is 12.1 Å². The van der Waals surface area contributed by atoms with Crippen LogP contribution in [0, 0.1) is 18.2 Å². The number of hydrogen-bond acceptors (Lipinski definition) is 4. The Morgan fingerprint density at radius 3 is 2.10 bits per heavy atom. The van der Waals surface area contributed by atoms with Crippen molar-refractivity contribution in [2.24, 2.45) is 10.7 Å². The van der Waals surface area contributed by atoms with Crippen molar-refractivity contribution in [3.8, 4) is 12.3 Å². The highest BCUT2D eigenvalue weighted by molar-refractivity contribution is 6.00. The highest BCUT2D eigenvalue weighted by Crippen LogP contribution is 2.40. The van der Waals surface area contributed by atoms with Crippen molar-refractivity contribution in [1.82, 2.24) is 10.2 Å². The van der Waals surface area contributed by atoms with Gasteiger partial charge in [0.2, 0.25) is 5.91 Å². The van der Waals surface area contributed by atoms with Gasteiger partial charge >= 0.3 is 0 Å². The third kappa shape index (κ3) is 5.33. The van der Waals surface area contributed by atoms with Crippen LogP contribution in [0.1, 0.15) is 45.1 Å². The van der Waals surface area contributed by atoms with Crippen LogP contribution >= 0.6 is 0 Å². The van der Waals surface area contributed by atoms with Gasteiger partial charge in [-0.15, -0.1) is 6.42 Å². The van der Waals surface area contributed by atoms with E-state index in [-0.39, 0.29) is 30.4 Å². The molecular weight excluding hydrogens is 503 g/mol. The molecule has 0 saturated heterocycles. The molecule has 198 valence electrons. The van der Waals surface area contributed by atoms with Crippen molar-refractivity contribution in [1.29, 1.82) is 0 Å². The summed E-state index contributed by atoms with van der Waals surface area (Å²) in [6.45, 7) is -0.0525. The molecule has 1 atom stereocenters. The second kappa shape index (κ2) is 11.3. The Morgan fingerprint density at radius 2 is 1.55 bits per heavy atom. The molecule has 40 heavy (non-hydrogen) atoms. The normalized spacial score (nSPS) is 15.1. The van der Waals surface area contributed by atoms with Gasteiger partial charge in [-0.1, -0.05) is 96.9 Å². The Labute approximate surface area is 232 Å². The van der Waals surface area contributed by atoms with Crippen LogP contribution in [-0.4, -0.2) is 22.7 Å². The molecule has 0 bridgehead atoms. The van der Waals surface area contributed by atoms with Gasteiger partial charge in [0.25, 0.3) is 5.91 Å². The SMILES string of the molecule is C#C[C@H](NC(=O)c1cc(F)cc(CN2C(=O)CC(c3ccccc3)(c3ccccc3)N=C2N)c1)c1ccccc1.